The van der Waals surface area contributed by atoms with Crippen LogP contribution in [0.25, 0.3) is 0 Å². The molecule has 3 atom stereocenters. The first-order valence-electron chi connectivity index (χ1n) is 13.7. The van der Waals surface area contributed by atoms with Crippen molar-refractivity contribution < 1.29 is 18.8 Å². The smallest absolute Gasteiger partial charge is 0.192 e. The van der Waals surface area contributed by atoms with Crippen molar-refractivity contribution in [3.05, 3.63) is 23.3 Å². The summed E-state index contributed by atoms with van der Waals surface area (Å²) in [6, 6.07) is 0. The van der Waals surface area contributed by atoms with Gasteiger partial charge in [-0.3, -0.25) is 4.79 Å². The first kappa shape index (κ1) is 36.5. The summed E-state index contributed by atoms with van der Waals surface area (Å²) in [7, 11) is -3.49. The highest BCUT2D eigenvalue weighted by Gasteiger charge is 2.44. The molecule has 6 heteroatoms. The van der Waals surface area contributed by atoms with Crippen LogP contribution < -0.4 is 0 Å². The Morgan fingerprint density at radius 2 is 1.19 bits per heavy atom. The lowest BCUT2D eigenvalue weighted by atomic mass is 9.74. The van der Waals surface area contributed by atoms with Crippen LogP contribution in [0.4, 0.5) is 0 Å². The molecule has 4 nitrogen and oxygen atoms in total. The monoisotopic (exact) mass is 554 g/mol. The second kappa shape index (κ2) is 11.9. The standard InChI is InChI=1S/C15H30O2Si.C15H28O2Si.CH4/c2*1-11-9-12(10-15(5,6)13(11)16)17-18(7,8)14(2,3)4;/h9,12-13,16H,10H2,1-8H3;9,12H,10H2,1-8H3;1H4/t12-,13+;12-;/m11./s1. The van der Waals surface area contributed by atoms with Crippen molar-refractivity contribution in [3.8, 4) is 0 Å². The molecule has 0 fully saturated rings. The van der Waals surface area contributed by atoms with Crippen LogP contribution in [0.5, 0.6) is 0 Å². The zero-order valence-corrected chi connectivity index (χ0v) is 28.5. The van der Waals surface area contributed by atoms with Gasteiger partial charge < -0.3 is 14.0 Å². The Hall–Kier alpha value is -0.536. The van der Waals surface area contributed by atoms with E-state index in [2.05, 4.69) is 87.7 Å². The Balaban J connectivity index is 0.000000682. The molecule has 0 aliphatic heterocycles. The van der Waals surface area contributed by atoms with Gasteiger partial charge in [-0.1, -0.05) is 88.8 Å². The lowest BCUT2D eigenvalue weighted by Gasteiger charge is -2.44. The first-order chi connectivity index (χ1) is 15.7. The molecule has 0 aromatic carbocycles. The molecule has 0 heterocycles. The van der Waals surface area contributed by atoms with Gasteiger partial charge in [0.2, 0.25) is 0 Å². The van der Waals surface area contributed by atoms with Crippen LogP contribution in [-0.4, -0.2) is 45.8 Å². The molecule has 218 valence electrons. The Labute approximate surface area is 232 Å². The summed E-state index contributed by atoms with van der Waals surface area (Å²) in [6.45, 7) is 34.8. The molecule has 0 bridgehead atoms. The molecule has 2 rings (SSSR count). The molecular formula is C31H62O4Si2. The lowest BCUT2D eigenvalue weighted by Crippen LogP contribution is -2.47. The average Bonchev–Trinajstić information content (AvgIpc) is 2.61. The fourth-order valence-corrected chi connectivity index (χ4v) is 7.02. The molecule has 0 saturated heterocycles. The maximum Gasteiger partial charge on any atom is 0.192 e. The van der Waals surface area contributed by atoms with Crippen molar-refractivity contribution in [2.75, 3.05) is 0 Å². The van der Waals surface area contributed by atoms with E-state index < -0.39 is 16.6 Å². The molecule has 1 N–H and O–H groups in total. The zero-order chi connectivity index (χ0) is 28.7. The van der Waals surface area contributed by atoms with Gasteiger partial charge in [0, 0.05) is 5.41 Å². The first-order valence-corrected chi connectivity index (χ1v) is 19.5. The van der Waals surface area contributed by atoms with Gasteiger partial charge in [-0.25, -0.2) is 0 Å². The number of aliphatic hydroxyl groups excluding tert-OH is 1. The number of aliphatic hydroxyl groups is 1. The summed E-state index contributed by atoms with van der Waals surface area (Å²) in [5.74, 6) is 0.262. The van der Waals surface area contributed by atoms with Crippen LogP contribution in [0.2, 0.25) is 36.3 Å². The summed E-state index contributed by atoms with van der Waals surface area (Å²) in [6.07, 6.45) is 5.76. The fraction of sp³-hybridized carbons (Fsp3) is 0.839. The Morgan fingerprint density at radius 3 is 1.51 bits per heavy atom. The summed E-state index contributed by atoms with van der Waals surface area (Å²) in [5, 5.41) is 10.6. The Kier molecular flexibility index (Phi) is 11.7. The average molecular weight is 555 g/mol. The van der Waals surface area contributed by atoms with Crippen LogP contribution >= 0.6 is 0 Å². The zero-order valence-electron chi connectivity index (χ0n) is 26.5. The lowest BCUT2D eigenvalue weighted by molar-refractivity contribution is -0.125. The van der Waals surface area contributed by atoms with E-state index in [-0.39, 0.29) is 52.4 Å². The molecular weight excluding hydrogens is 493 g/mol. The predicted molar refractivity (Wildman–Crippen MR) is 166 cm³/mol. The quantitative estimate of drug-likeness (QED) is 0.278. The normalized spacial score (nSPS) is 26.3. The van der Waals surface area contributed by atoms with E-state index in [1.54, 1.807) is 0 Å². The van der Waals surface area contributed by atoms with E-state index in [1.807, 2.05) is 33.8 Å². The molecule has 0 saturated carbocycles. The molecule has 2 aliphatic carbocycles. The minimum Gasteiger partial charge on any atom is -0.411 e. The van der Waals surface area contributed by atoms with Crippen LogP contribution in [0, 0.1) is 10.8 Å². The van der Waals surface area contributed by atoms with E-state index in [1.165, 1.54) is 0 Å². The van der Waals surface area contributed by atoms with Gasteiger partial charge in [0.15, 0.2) is 22.4 Å². The Morgan fingerprint density at radius 1 is 0.811 bits per heavy atom. The molecule has 0 aromatic heterocycles. The maximum atomic E-state index is 12.0. The van der Waals surface area contributed by atoms with Crippen molar-refractivity contribution in [1.82, 2.24) is 0 Å². The van der Waals surface area contributed by atoms with E-state index in [4.69, 9.17) is 8.85 Å². The van der Waals surface area contributed by atoms with E-state index >= 15 is 0 Å². The summed E-state index contributed by atoms with van der Waals surface area (Å²) >= 11 is 0. The van der Waals surface area contributed by atoms with Gasteiger partial charge in [-0.05, 0) is 79.5 Å². The van der Waals surface area contributed by atoms with Crippen LogP contribution in [0.15, 0.2) is 23.3 Å². The van der Waals surface area contributed by atoms with Gasteiger partial charge in [0.1, 0.15) is 0 Å². The summed E-state index contributed by atoms with van der Waals surface area (Å²) < 4.78 is 12.9. The summed E-state index contributed by atoms with van der Waals surface area (Å²) in [4.78, 5) is 12.0. The van der Waals surface area contributed by atoms with Gasteiger partial charge in [-0.15, -0.1) is 0 Å². The van der Waals surface area contributed by atoms with Gasteiger partial charge >= 0.3 is 0 Å². The highest BCUT2D eigenvalue weighted by molar-refractivity contribution is 6.74. The third kappa shape index (κ3) is 9.27. The second-order valence-corrected chi connectivity index (χ2v) is 25.1. The number of allylic oxidation sites excluding steroid dienone is 1. The van der Waals surface area contributed by atoms with Crippen LogP contribution in [0.1, 0.15) is 103 Å². The molecule has 0 amide bonds. The van der Waals surface area contributed by atoms with Crippen molar-refractivity contribution in [3.63, 3.8) is 0 Å². The van der Waals surface area contributed by atoms with E-state index in [0.29, 0.717) is 0 Å². The molecule has 0 radical (unpaired) electrons. The number of hydrogen-bond donors (Lipinski definition) is 1. The minimum atomic E-state index is -1.76. The molecule has 0 spiro atoms. The molecule has 0 unspecified atom stereocenters. The minimum absolute atomic E-state index is 0. The van der Waals surface area contributed by atoms with Crippen LogP contribution in [0.3, 0.4) is 0 Å². The number of carbonyl (C=O) groups is 1. The topological polar surface area (TPSA) is 55.8 Å². The summed E-state index contributed by atoms with van der Waals surface area (Å²) in [5.41, 5.74) is 1.53. The van der Waals surface area contributed by atoms with Crippen molar-refractivity contribution in [1.29, 1.82) is 0 Å². The highest BCUT2D eigenvalue weighted by Crippen LogP contribution is 2.43. The largest absolute Gasteiger partial charge is 0.411 e. The predicted octanol–water partition coefficient (Wildman–Crippen LogP) is 9.07. The third-order valence-corrected chi connectivity index (χ3v) is 18.0. The highest BCUT2D eigenvalue weighted by atomic mass is 28.4. The number of rotatable bonds is 4. The number of carbonyl (C=O) groups excluding carboxylic acids is 1. The Bertz CT molecular complexity index is 851. The second-order valence-electron chi connectivity index (χ2n) is 15.6. The van der Waals surface area contributed by atoms with Gasteiger partial charge in [-0.2, -0.15) is 0 Å². The molecule has 2 aliphatic rings. The number of ketones is 1. The van der Waals surface area contributed by atoms with Gasteiger partial charge in [0.05, 0.1) is 18.3 Å². The fourth-order valence-electron chi connectivity index (χ4n) is 4.49. The third-order valence-electron chi connectivity index (χ3n) is 8.97. The van der Waals surface area contributed by atoms with Crippen LogP contribution in [-0.2, 0) is 13.6 Å². The van der Waals surface area contributed by atoms with Crippen molar-refractivity contribution in [2.45, 2.75) is 158 Å². The SMILES string of the molecule is C.CC1=C[C@@H](O[Si](C)(C)C(C)(C)C)CC(C)(C)C1=O.CC1=C[C@@H](O[Si](C)(C)C(C)(C)C)CC(C)(C)[C@H]1O. The van der Waals surface area contributed by atoms with Crippen molar-refractivity contribution in [2.24, 2.45) is 10.8 Å². The molecule has 37 heavy (non-hydrogen) atoms. The number of Topliss-reactive ketones (excluding diaryl/α,β-unsaturated/α-hetero) is 1. The van der Waals surface area contributed by atoms with Crippen molar-refractivity contribution >= 4 is 22.4 Å². The van der Waals surface area contributed by atoms with E-state index in [9.17, 15) is 9.90 Å². The maximum absolute atomic E-state index is 12.0. The molecule has 0 aromatic rings. The van der Waals surface area contributed by atoms with Gasteiger partial charge in [0.25, 0.3) is 0 Å². The van der Waals surface area contributed by atoms with E-state index in [0.717, 1.165) is 24.0 Å². The number of hydrogen-bond acceptors (Lipinski definition) is 4.